The lowest BCUT2D eigenvalue weighted by molar-refractivity contribution is -0.182. The number of amides is 2. The molecule has 2 aliphatic rings. The van der Waals surface area contributed by atoms with E-state index in [1.165, 1.54) is 0 Å². The van der Waals surface area contributed by atoms with Crippen molar-refractivity contribution in [3.05, 3.63) is 95.4 Å². The lowest BCUT2D eigenvalue weighted by Crippen LogP contribution is -2.55. The van der Waals surface area contributed by atoms with Crippen LogP contribution in [0.4, 0.5) is 0 Å². The van der Waals surface area contributed by atoms with E-state index in [4.69, 9.17) is 14.4 Å². The van der Waals surface area contributed by atoms with Gasteiger partial charge in [0.1, 0.15) is 18.4 Å². The van der Waals surface area contributed by atoms with Gasteiger partial charge in [-0.15, -0.1) is 19.2 Å². The van der Waals surface area contributed by atoms with E-state index in [2.05, 4.69) is 53.6 Å². The first-order chi connectivity index (χ1) is 20.4. The van der Waals surface area contributed by atoms with Gasteiger partial charge in [-0.25, -0.2) is 4.79 Å². The van der Waals surface area contributed by atoms with Crippen LogP contribution in [0.1, 0.15) is 41.8 Å². The van der Waals surface area contributed by atoms with E-state index in [1.807, 2.05) is 44.2 Å². The Morgan fingerprint density at radius 3 is 2.57 bits per heavy atom. The molecule has 224 valence electrons. The zero-order valence-corrected chi connectivity index (χ0v) is 25.2. The van der Waals surface area contributed by atoms with Crippen LogP contribution in [0.15, 0.2) is 78.7 Å². The van der Waals surface area contributed by atoms with Crippen LogP contribution in [-0.2, 0) is 25.7 Å². The Bertz CT molecular complexity index is 1260. The van der Waals surface area contributed by atoms with Crippen molar-refractivity contribution >= 4 is 30.9 Å². The quantitative estimate of drug-likeness (QED) is 0.122. The molecule has 0 radical (unpaired) electrons. The summed E-state index contributed by atoms with van der Waals surface area (Å²) in [6.07, 6.45) is 1.86. The van der Waals surface area contributed by atoms with Gasteiger partial charge in [0.25, 0.3) is 0 Å². The van der Waals surface area contributed by atoms with Crippen molar-refractivity contribution in [1.29, 1.82) is 0 Å². The number of esters is 1. The molecule has 2 fully saturated rings. The number of hydroxylamine groups is 2. The molecule has 0 aliphatic carbocycles. The van der Waals surface area contributed by atoms with Crippen LogP contribution in [0.3, 0.4) is 0 Å². The largest absolute Gasteiger partial charge is 0.458 e. The van der Waals surface area contributed by atoms with Crippen LogP contribution >= 0.6 is 12.6 Å². The predicted octanol–water partition coefficient (Wildman–Crippen LogP) is 3.45. The molecular weight excluding hydrogens is 552 g/mol. The zero-order valence-electron chi connectivity index (χ0n) is 24.3. The van der Waals surface area contributed by atoms with Gasteiger partial charge in [0.2, 0.25) is 12.3 Å². The van der Waals surface area contributed by atoms with Crippen LogP contribution in [0.2, 0.25) is 0 Å². The van der Waals surface area contributed by atoms with Crippen molar-refractivity contribution in [2.75, 3.05) is 20.1 Å². The normalized spacial score (nSPS) is 20.4. The molecule has 0 aromatic heterocycles. The molecular formula is C32H40N4O5S. The molecule has 0 bridgehead atoms. The monoisotopic (exact) mass is 592 g/mol. The summed E-state index contributed by atoms with van der Waals surface area (Å²) >= 11 is 4.12. The summed E-state index contributed by atoms with van der Waals surface area (Å²) in [6.45, 7) is 12.6. The third-order valence-electron chi connectivity index (χ3n) is 6.17. The molecule has 4 atom stereocenters. The van der Waals surface area contributed by atoms with Crippen molar-refractivity contribution in [2.45, 2.75) is 45.2 Å². The van der Waals surface area contributed by atoms with Crippen molar-refractivity contribution in [2.24, 2.45) is 5.92 Å². The van der Waals surface area contributed by atoms with Crippen molar-refractivity contribution in [3.63, 3.8) is 0 Å². The fraction of sp³-hybridized carbons (Fsp3) is 0.344. The third kappa shape index (κ3) is 10.2. The highest BCUT2D eigenvalue weighted by Crippen LogP contribution is 2.36. The van der Waals surface area contributed by atoms with Gasteiger partial charge in [0.15, 0.2) is 0 Å². The Balaban J connectivity index is 0.000000947. The standard InChI is InChI=1S/C28H29N3O4S.C2H5NO.C2H6/c1-3-15-29-26(32)25-24-23(34-28(33)22-10-5-4-6-11-22)14-16-30-27(24)35-31(25)18-21-9-7-8-20(17-21)13-12-19(2)36;1-3-2-4;1-2/h3-11,17,23-25,27,30,36H,1-2,14-16,18H2,(H,29,32);2H,1H3,(H,3,4);1-2H3. The average Bonchev–Trinajstić information content (AvgIpc) is 3.39. The summed E-state index contributed by atoms with van der Waals surface area (Å²) in [5.41, 5.74) is 2.20. The third-order valence-corrected chi connectivity index (χ3v) is 6.28. The number of thiol groups is 1. The number of hydrogen-bond acceptors (Lipinski definition) is 8. The molecule has 2 amide bonds. The van der Waals surface area contributed by atoms with E-state index in [9.17, 15) is 9.59 Å². The highest BCUT2D eigenvalue weighted by Gasteiger charge is 2.53. The topological polar surface area (TPSA) is 109 Å². The first kappa shape index (κ1) is 34.3. The van der Waals surface area contributed by atoms with Crippen LogP contribution < -0.4 is 16.0 Å². The number of fused-ring (bicyclic) bond motifs is 1. The Morgan fingerprint density at radius 2 is 1.93 bits per heavy atom. The molecule has 2 heterocycles. The van der Waals surface area contributed by atoms with E-state index in [-0.39, 0.29) is 5.91 Å². The van der Waals surface area contributed by atoms with Gasteiger partial charge < -0.3 is 15.4 Å². The molecule has 2 aromatic carbocycles. The SMILES string of the molecule is C=CCNC(=O)C1C2C(OC(=O)c3ccccc3)CCNC2ON1Cc1cccc(C#CC(=C)S)c1.CC.CNC=O. The van der Waals surface area contributed by atoms with Gasteiger partial charge in [0, 0.05) is 30.6 Å². The molecule has 10 heteroatoms. The Labute approximate surface area is 254 Å². The minimum absolute atomic E-state index is 0.214. The van der Waals surface area contributed by atoms with Gasteiger partial charge in [-0.1, -0.05) is 68.7 Å². The number of ether oxygens (including phenoxy) is 1. The van der Waals surface area contributed by atoms with Crippen molar-refractivity contribution in [3.8, 4) is 11.8 Å². The van der Waals surface area contributed by atoms with Crippen LogP contribution in [-0.4, -0.2) is 61.9 Å². The predicted molar refractivity (Wildman–Crippen MR) is 167 cm³/mol. The number of carbonyl (C=O) groups excluding carboxylic acids is 3. The van der Waals surface area contributed by atoms with Crippen LogP contribution in [0.25, 0.3) is 0 Å². The number of nitrogens with zero attached hydrogens (tertiary/aromatic N) is 1. The second kappa shape index (κ2) is 18.5. The molecule has 0 saturated carbocycles. The summed E-state index contributed by atoms with van der Waals surface area (Å²) in [5, 5.41) is 10.1. The second-order valence-electron chi connectivity index (χ2n) is 9.01. The molecule has 4 rings (SSSR count). The maximum Gasteiger partial charge on any atom is 0.338 e. The second-order valence-corrected chi connectivity index (χ2v) is 9.55. The van der Waals surface area contributed by atoms with E-state index >= 15 is 0 Å². The van der Waals surface area contributed by atoms with Gasteiger partial charge in [-0.2, -0.15) is 5.06 Å². The summed E-state index contributed by atoms with van der Waals surface area (Å²) in [6, 6.07) is 15.9. The molecule has 0 spiro atoms. The summed E-state index contributed by atoms with van der Waals surface area (Å²) in [5.74, 6) is 4.85. The first-order valence-electron chi connectivity index (χ1n) is 13.8. The number of piperidine rings is 1. The van der Waals surface area contributed by atoms with E-state index < -0.39 is 30.3 Å². The molecule has 2 saturated heterocycles. The molecule has 9 nitrogen and oxygen atoms in total. The number of benzene rings is 2. The Hall–Kier alpha value is -3.88. The number of rotatable bonds is 8. The fourth-order valence-electron chi connectivity index (χ4n) is 4.48. The number of allylic oxidation sites excluding steroid dienone is 1. The summed E-state index contributed by atoms with van der Waals surface area (Å²) < 4.78 is 5.93. The van der Waals surface area contributed by atoms with Gasteiger partial charge in [-0.05, 0) is 36.2 Å². The van der Waals surface area contributed by atoms with E-state index in [0.717, 1.165) is 11.1 Å². The molecule has 3 N–H and O–H groups in total. The smallest absolute Gasteiger partial charge is 0.338 e. The van der Waals surface area contributed by atoms with Crippen LogP contribution in [0.5, 0.6) is 0 Å². The first-order valence-corrected chi connectivity index (χ1v) is 14.2. The van der Waals surface area contributed by atoms with E-state index in [0.29, 0.717) is 42.9 Å². The minimum atomic E-state index is -0.678. The number of carbonyl (C=O) groups is 3. The minimum Gasteiger partial charge on any atom is -0.458 e. The Kier molecular flexibility index (Phi) is 15.1. The van der Waals surface area contributed by atoms with Crippen molar-refractivity contribution in [1.82, 2.24) is 21.0 Å². The summed E-state index contributed by atoms with van der Waals surface area (Å²) in [7, 11) is 1.56. The maximum absolute atomic E-state index is 13.3. The summed E-state index contributed by atoms with van der Waals surface area (Å²) in [4.78, 5) is 41.9. The lowest BCUT2D eigenvalue weighted by atomic mass is 9.87. The highest BCUT2D eigenvalue weighted by molar-refractivity contribution is 7.84. The van der Waals surface area contributed by atoms with Crippen molar-refractivity contribution < 1.29 is 24.0 Å². The molecule has 2 aliphatic heterocycles. The molecule has 4 unspecified atom stereocenters. The fourth-order valence-corrected chi connectivity index (χ4v) is 4.53. The number of nitrogens with one attached hydrogen (secondary N) is 3. The maximum atomic E-state index is 13.3. The molecule has 42 heavy (non-hydrogen) atoms. The van der Waals surface area contributed by atoms with E-state index in [1.54, 1.807) is 42.5 Å². The van der Waals surface area contributed by atoms with Gasteiger partial charge >= 0.3 is 5.97 Å². The average molecular weight is 593 g/mol. The Morgan fingerprint density at radius 1 is 1.21 bits per heavy atom. The molecule has 2 aromatic rings. The number of hydrogen-bond donors (Lipinski definition) is 4. The van der Waals surface area contributed by atoms with Gasteiger partial charge in [-0.3, -0.25) is 19.7 Å². The highest BCUT2D eigenvalue weighted by atomic mass is 32.1. The van der Waals surface area contributed by atoms with Crippen LogP contribution in [0, 0.1) is 17.8 Å². The zero-order chi connectivity index (χ0) is 30.9. The van der Waals surface area contributed by atoms with Gasteiger partial charge in [0.05, 0.1) is 18.0 Å². The lowest BCUT2D eigenvalue weighted by Gasteiger charge is -2.34.